The normalized spacial score (nSPS) is 11.1. The second-order valence-corrected chi connectivity index (χ2v) is 7.48. The maximum absolute atomic E-state index is 12.9. The van der Waals surface area contributed by atoms with Crippen LogP contribution < -0.4 is 10.4 Å². The number of aryl methyl sites for hydroxylation is 4. The molecule has 0 aliphatic rings. The van der Waals surface area contributed by atoms with Crippen molar-refractivity contribution < 1.29 is 4.74 Å². The number of unbranched alkanes of at least 4 members (excludes halogenated alkanes) is 1. The molecule has 2 aromatic carbocycles. The molecule has 3 rings (SSSR count). The number of rotatable bonds is 8. The van der Waals surface area contributed by atoms with Crippen molar-refractivity contribution in [1.29, 1.82) is 0 Å². The van der Waals surface area contributed by atoms with Gasteiger partial charge >= 0.3 is 5.69 Å². The highest BCUT2D eigenvalue weighted by Gasteiger charge is 2.14. The molecule has 148 valence electrons. The van der Waals surface area contributed by atoms with Gasteiger partial charge in [-0.1, -0.05) is 25.6 Å². The van der Waals surface area contributed by atoms with Crippen LogP contribution in [0.5, 0.6) is 5.75 Å². The molecule has 0 unspecified atom stereocenters. The average molecular weight is 379 g/mol. The third-order valence-electron chi connectivity index (χ3n) is 5.30. The largest absolute Gasteiger partial charge is 0.494 e. The third kappa shape index (κ3) is 4.06. The average Bonchev–Trinajstić information content (AvgIpc) is 2.93. The van der Waals surface area contributed by atoms with Gasteiger partial charge in [0.05, 0.1) is 17.6 Å². The highest BCUT2D eigenvalue weighted by molar-refractivity contribution is 5.81. The van der Waals surface area contributed by atoms with Crippen molar-refractivity contribution >= 4 is 16.7 Å². The zero-order valence-electron chi connectivity index (χ0n) is 17.4. The molecule has 0 aliphatic carbocycles. The highest BCUT2D eigenvalue weighted by Crippen LogP contribution is 2.21. The Morgan fingerprint density at radius 1 is 1.04 bits per heavy atom. The Morgan fingerprint density at radius 2 is 1.68 bits per heavy atom. The molecule has 0 saturated heterocycles. The summed E-state index contributed by atoms with van der Waals surface area (Å²) in [5.74, 6) is 0.902. The Labute approximate surface area is 167 Å². The van der Waals surface area contributed by atoms with E-state index in [4.69, 9.17) is 4.74 Å². The maximum atomic E-state index is 12.9. The number of aromatic nitrogens is 2. The van der Waals surface area contributed by atoms with Gasteiger partial charge in [0.15, 0.2) is 0 Å². The van der Waals surface area contributed by atoms with Gasteiger partial charge in [0.2, 0.25) is 0 Å². The zero-order chi connectivity index (χ0) is 20.3. The number of fused-ring (bicyclic) bond motifs is 1. The van der Waals surface area contributed by atoms with Crippen LogP contribution in [0.1, 0.15) is 43.4 Å². The summed E-state index contributed by atoms with van der Waals surface area (Å²) >= 11 is 0. The van der Waals surface area contributed by atoms with Gasteiger partial charge in [0.1, 0.15) is 5.75 Å². The molecule has 4 heteroatoms. The maximum Gasteiger partial charge on any atom is 0.333 e. The monoisotopic (exact) mass is 378 g/mol. The van der Waals surface area contributed by atoms with E-state index in [9.17, 15) is 4.79 Å². The van der Waals surface area contributed by atoms with Crippen molar-refractivity contribution in [3.8, 4) is 5.75 Å². The lowest BCUT2D eigenvalue weighted by molar-refractivity contribution is 0.303. The van der Waals surface area contributed by atoms with Crippen molar-refractivity contribution in [2.24, 2.45) is 0 Å². The molecule has 3 aromatic rings. The third-order valence-corrected chi connectivity index (χ3v) is 5.30. The van der Waals surface area contributed by atoms with Crippen LogP contribution in [0.3, 0.4) is 0 Å². The first-order chi connectivity index (χ1) is 13.4. The Balaban J connectivity index is 1.68. The lowest BCUT2D eigenvalue weighted by Gasteiger charge is -2.08. The molecule has 0 amide bonds. The summed E-state index contributed by atoms with van der Waals surface area (Å²) in [5.41, 5.74) is 6.34. The van der Waals surface area contributed by atoms with Crippen LogP contribution in [0.4, 0.5) is 0 Å². The van der Waals surface area contributed by atoms with Gasteiger partial charge < -0.3 is 4.74 Å². The standard InChI is InChI=1S/C24H30N2O2/c1-6-20-9-11-21(12-10-20)28-14-8-7-13-25-22-15-18(4)19(5)16-23(22)26(17(2)3)24(25)27/h9-12,15-16H,2,6-8,13-14H2,1,3-5H3. The van der Waals surface area contributed by atoms with E-state index in [1.54, 1.807) is 4.57 Å². The van der Waals surface area contributed by atoms with Crippen molar-refractivity contribution in [3.05, 3.63) is 70.2 Å². The van der Waals surface area contributed by atoms with E-state index in [1.807, 2.05) is 23.6 Å². The van der Waals surface area contributed by atoms with E-state index < -0.39 is 0 Å². The minimum atomic E-state index is -0.0106. The number of hydrogen-bond acceptors (Lipinski definition) is 2. The first-order valence-electron chi connectivity index (χ1n) is 10.0. The van der Waals surface area contributed by atoms with E-state index in [0.717, 1.165) is 41.7 Å². The molecule has 0 fully saturated rings. The van der Waals surface area contributed by atoms with E-state index in [0.29, 0.717) is 13.2 Å². The van der Waals surface area contributed by atoms with Crippen LogP contribution in [-0.4, -0.2) is 15.7 Å². The topological polar surface area (TPSA) is 36.2 Å². The van der Waals surface area contributed by atoms with Crippen molar-refractivity contribution in [1.82, 2.24) is 9.13 Å². The number of imidazole rings is 1. The van der Waals surface area contributed by atoms with Crippen LogP contribution in [0.15, 0.2) is 47.8 Å². The van der Waals surface area contributed by atoms with Gasteiger partial charge in [-0.15, -0.1) is 0 Å². The lowest BCUT2D eigenvalue weighted by atomic mass is 10.1. The Hall–Kier alpha value is -2.75. The SMILES string of the molecule is C=C(C)n1c(=O)n(CCCCOc2ccc(CC)cc2)c2cc(C)c(C)cc21. The summed E-state index contributed by atoms with van der Waals surface area (Å²) in [7, 11) is 0. The smallest absolute Gasteiger partial charge is 0.333 e. The van der Waals surface area contributed by atoms with Crippen LogP contribution in [-0.2, 0) is 13.0 Å². The van der Waals surface area contributed by atoms with Crippen LogP contribution >= 0.6 is 0 Å². The van der Waals surface area contributed by atoms with Crippen molar-refractivity contribution in [2.45, 2.75) is 53.5 Å². The van der Waals surface area contributed by atoms with Gasteiger partial charge in [-0.3, -0.25) is 9.13 Å². The predicted octanol–water partition coefficient (Wildman–Crippen LogP) is 5.33. The fourth-order valence-corrected chi connectivity index (χ4v) is 3.48. The predicted molar refractivity (Wildman–Crippen MR) is 117 cm³/mol. The van der Waals surface area contributed by atoms with Gasteiger partial charge in [-0.25, -0.2) is 4.79 Å². The number of nitrogens with zero attached hydrogens (tertiary/aromatic N) is 2. The van der Waals surface area contributed by atoms with Crippen LogP contribution in [0.25, 0.3) is 16.7 Å². The first kappa shape index (κ1) is 20.0. The van der Waals surface area contributed by atoms with E-state index in [-0.39, 0.29) is 5.69 Å². The van der Waals surface area contributed by atoms with Gasteiger partial charge in [-0.05, 0) is 81.0 Å². The van der Waals surface area contributed by atoms with E-state index in [1.165, 1.54) is 16.7 Å². The molecular formula is C24H30N2O2. The molecule has 0 aliphatic heterocycles. The minimum Gasteiger partial charge on any atom is -0.494 e. The summed E-state index contributed by atoms with van der Waals surface area (Å²) in [6.45, 7) is 13.5. The van der Waals surface area contributed by atoms with Gasteiger partial charge in [0, 0.05) is 12.2 Å². The number of allylic oxidation sites excluding steroid dienone is 1. The molecule has 0 bridgehead atoms. The molecule has 0 atom stereocenters. The second-order valence-electron chi connectivity index (χ2n) is 7.48. The van der Waals surface area contributed by atoms with E-state index in [2.05, 4.69) is 51.6 Å². The number of benzene rings is 2. The molecular weight excluding hydrogens is 348 g/mol. The second kappa shape index (κ2) is 8.51. The molecule has 0 radical (unpaired) electrons. The van der Waals surface area contributed by atoms with E-state index >= 15 is 0 Å². The Morgan fingerprint density at radius 3 is 2.29 bits per heavy atom. The lowest BCUT2D eigenvalue weighted by Crippen LogP contribution is -2.23. The molecule has 0 spiro atoms. The fraction of sp³-hybridized carbons (Fsp3) is 0.375. The molecule has 0 saturated carbocycles. The fourth-order valence-electron chi connectivity index (χ4n) is 3.48. The van der Waals surface area contributed by atoms with Crippen molar-refractivity contribution in [3.63, 3.8) is 0 Å². The molecule has 1 aromatic heterocycles. The van der Waals surface area contributed by atoms with Crippen LogP contribution in [0.2, 0.25) is 0 Å². The highest BCUT2D eigenvalue weighted by atomic mass is 16.5. The molecule has 1 heterocycles. The summed E-state index contributed by atoms with van der Waals surface area (Å²) < 4.78 is 9.42. The minimum absolute atomic E-state index is 0.0106. The first-order valence-corrected chi connectivity index (χ1v) is 10.0. The summed E-state index contributed by atoms with van der Waals surface area (Å²) in [4.78, 5) is 12.9. The summed E-state index contributed by atoms with van der Waals surface area (Å²) in [6, 6.07) is 12.4. The Bertz CT molecular complexity index is 1040. The molecule has 4 nitrogen and oxygen atoms in total. The zero-order valence-corrected chi connectivity index (χ0v) is 17.4. The summed E-state index contributed by atoms with van der Waals surface area (Å²) in [5, 5.41) is 0. The number of hydrogen-bond donors (Lipinski definition) is 0. The molecule has 28 heavy (non-hydrogen) atoms. The van der Waals surface area contributed by atoms with Gasteiger partial charge in [0.25, 0.3) is 0 Å². The Kier molecular flexibility index (Phi) is 6.08. The quantitative estimate of drug-likeness (QED) is 0.497. The van der Waals surface area contributed by atoms with Gasteiger partial charge in [-0.2, -0.15) is 0 Å². The van der Waals surface area contributed by atoms with Crippen LogP contribution in [0, 0.1) is 13.8 Å². The molecule has 0 N–H and O–H groups in total. The van der Waals surface area contributed by atoms with Crippen molar-refractivity contribution in [2.75, 3.05) is 6.61 Å². The number of ether oxygens (including phenoxy) is 1. The summed E-state index contributed by atoms with van der Waals surface area (Å²) in [6.07, 6.45) is 2.81.